The highest BCUT2D eigenvalue weighted by atomic mass is 14.9. The smallest absolute Gasteiger partial charge is 0.139 e. The second kappa shape index (κ2) is 3.22. The van der Waals surface area contributed by atoms with Crippen molar-refractivity contribution in [3.63, 3.8) is 0 Å². The summed E-state index contributed by atoms with van der Waals surface area (Å²) in [7, 11) is 2.10. The minimum atomic E-state index is 0.147. The zero-order valence-corrected chi connectivity index (χ0v) is 8.31. The first-order valence-corrected chi connectivity index (χ1v) is 4.32. The molecule has 0 bridgehead atoms. The highest BCUT2D eigenvalue weighted by Gasteiger charge is 2.08. The van der Waals surface area contributed by atoms with E-state index in [9.17, 15) is 0 Å². The van der Waals surface area contributed by atoms with Crippen LogP contribution in [0.25, 0.3) is 0 Å². The van der Waals surface area contributed by atoms with E-state index in [0.717, 1.165) is 0 Å². The summed E-state index contributed by atoms with van der Waals surface area (Å²) < 4.78 is 0. The van der Waals surface area contributed by atoms with Gasteiger partial charge in [0.25, 0.3) is 0 Å². The van der Waals surface area contributed by atoms with Gasteiger partial charge in [-0.2, -0.15) is 0 Å². The normalized spacial score (nSPS) is 11.2. The first kappa shape index (κ1) is 9.18. The molecule has 1 aromatic rings. The molecule has 1 aromatic carbocycles. The predicted octanol–water partition coefficient (Wildman–Crippen LogP) is 1.16. The number of hydrogen-bond donors (Lipinski definition) is 1. The number of rotatable bonds is 1. The summed E-state index contributed by atoms with van der Waals surface area (Å²) in [6.07, 6.45) is 0. The van der Waals surface area contributed by atoms with Crippen molar-refractivity contribution in [3.8, 4) is 0 Å². The van der Waals surface area contributed by atoms with Crippen molar-refractivity contribution in [1.82, 2.24) is 0 Å². The van der Waals surface area contributed by atoms with E-state index in [1.54, 1.807) is 0 Å². The average Bonchev–Trinajstić information content (AvgIpc) is 1.82. The van der Waals surface area contributed by atoms with E-state index >= 15 is 0 Å². The van der Waals surface area contributed by atoms with Gasteiger partial charge in [0.2, 0.25) is 0 Å². The lowest BCUT2D eigenvalue weighted by molar-refractivity contribution is 0.634. The Balaban J connectivity index is 2.77. The van der Waals surface area contributed by atoms with E-state index in [4.69, 9.17) is 0 Å². The molecule has 0 amide bonds. The first-order chi connectivity index (χ1) is 5.47. The fraction of sp³-hybridized carbons (Fsp3) is 0.400. The molecule has 0 heterocycles. The van der Waals surface area contributed by atoms with E-state index in [-0.39, 0.29) is 5.54 Å². The summed E-state index contributed by atoms with van der Waals surface area (Å²) in [5, 5.41) is 3.42. The molecular formula is C10H16BN. The second-order valence-corrected chi connectivity index (χ2v) is 4.24. The van der Waals surface area contributed by atoms with Crippen LogP contribution in [0.5, 0.6) is 0 Å². The molecule has 0 radical (unpaired) electrons. The Kier molecular flexibility index (Phi) is 2.46. The van der Waals surface area contributed by atoms with Crippen molar-refractivity contribution in [3.05, 3.63) is 24.3 Å². The monoisotopic (exact) mass is 161 g/mol. The molecule has 0 aliphatic rings. The third-order valence-electron chi connectivity index (χ3n) is 1.54. The van der Waals surface area contributed by atoms with Gasteiger partial charge in [0.15, 0.2) is 0 Å². The van der Waals surface area contributed by atoms with Crippen LogP contribution in [0.1, 0.15) is 20.8 Å². The van der Waals surface area contributed by atoms with E-state index < -0.39 is 0 Å². The molecule has 0 saturated carbocycles. The second-order valence-electron chi connectivity index (χ2n) is 4.24. The van der Waals surface area contributed by atoms with Crippen molar-refractivity contribution in [2.75, 3.05) is 5.32 Å². The van der Waals surface area contributed by atoms with Crippen molar-refractivity contribution >= 4 is 19.0 Å². The first-order valence-electron chi connectivity index (χ1n) is 4.32. The van der Waals surface area contributed by atoms with Gasteiger partial charge in [-0.3, -0.25) is 0 Å². The molecule has 0 atom stereocenters. The van der Waals surface area contributed by atoms with Crippen LogP contribution < -0.4 is 10.8 Å². The van der Waals surface area contributed by atoms with Crippen LogP contribution in [0.4, 0.5) is 5.69 Å². The van der Waals surface area contributed by atoms with E-state index in [1.165, 1.54) is 11.2 Å². The summed E-state index contributed by atoms with van der Waals surface area (Å²) in [5.41, 5.74) is 2.64. The fourth-order valence-corrected chi connectivity index (χ4v) is 1.16. The molecule has 0 unspecified atom stereocenters. The number of hydrogen-bond acceptors (Lipinski definition) is 1. The van der Waals surface area contributed by atoms with E-state index in [1.807, 2.05) is 0 Å². The van der Waals surface area contributed by atoms with Crippen LogP contribution in [0, 0.1) is 0 Å². The average molecular weight is 161 g/mol. The Morgan fingerprint density at radius 3 is 2.42 bits per heavy atom. The molecule has 0 spiro atoms. The molecule has 0 aliphatic heterocycles. The van der Waals surface area contributed by atoms with Crippen molar-refractivity contribution in [1.29, 1.82) is 0 Å². The lowest BCUT2D eigenvalue weighted by Crippen LogP contribution is -2.26. The molecule has 64 valence electrons. The SMILES string of the molecule is Bc1cccc(NC(C)(C)C)c1. The summed E-state index contributed by atoms with van der Waals surface area (Å²) in [6.45, 7) is 6.49. The highest BCUT2D eigenvalue weighted by Crippen LogP contribution is 2.11. The van der Waals surface area contributed by atoms with Gasteiger partial charge in [0, 0.05) is 11.2 Å². The highest BCUT2D eigenvalue weighted by molar-refractivity contribution is 6.32. The third kappa shape index (κ3) is 2.99. The molecule has 0 aromatic heterocycles. The Morgan fingerprint density at radius 1 is 1.25 bits per heavy atom. The quantitative estimate of drug-likeness (QED) is 0.609. The number of benzene rings is 1. The minimum Gasteiger partial charge on any atom is -0.380 e. The Hall–Kier alpha value is -0.915. The van der Waals surface area contributed by atoms with Gasteiger partial charge < -0.3 is 5.32 Å². The van der Waals surface area contributed by atoms with Gasteiger partial charge >= 0.3 is 0 Å². The van der Waals surface area contributed by atoms with Crippen LogP contribution >= 0.6 is 0 Å². The van der Waals surface area contributed by atoms with Gasteiger partial charge in [-0.25, -0.2) is 0 Å². The van der Waals surface area contributed by atoms with Gasteiger partial charge in [0.1, 0.15) is 7.85 Å². The van der Waals surface area contributed by atoms with Gasteiger partial charge in [-0.15, -0.1) is 0 Å². The Bertz CT molecular complexity index is 263. The van der Waals surface area contributed by atoms with Crippen molar-refractivity contribution in [2.45, 2.75) is 26.3 Å². The van der Waals surface area contributed by atoms with Crippen LogP contribution in [-0.2, 0) is 0 Å². The van der Waals surface area contributed by atoms with Gasteiger partial charge in [0.05, 0.1) is 0 Å². The number of nitrogens with one attached hydrogen (secondary N) is 1. The maximum atomic E-state index is 3.42. The Labute approximate surface area is 75.6 Å². The predicted molar refractivity (Wildman–Crippen MR) is 58.0 cm³/mol. The minimum absolute atomic E-state index is 0.147. The van der Waals surface area contributed by atoms with Crippen molar-refractivity contribution < 1.29 is 0 Å². The topological polar surface area (TPSA) is 12.0 Å². The fourth-order valence-electron chi connectivity index (χ4n) is 1.16. The standard InChI is InChI=1S/C10H16BN/c1-10(2,3)12-9-6-4-5-8(11)7-9/h4-7,12H,11H2,1-3H3. The van der Waals surface area contributed by atoms with Crippen LogP contribution in [0.2, 0.25) is 0 Å². The van der Waals surface area contributed by atoms with Crippen LogP contribution in [0.15, 0.2) is 24.3 Å². The molecular weight excluding hydrogens is 145 g/mol. The molecule has 0 fully saturated rings. The maximum Gasteiger partial charge on any atom is 0.139 e. The molecule has 1 N–H and O–H groups in total. The van der Waals surface area contributed by atoms with E-state index in [0.29, 0.717) is 0 Å². The third-order valence-corrected chi connectivity index (χ3v) is 1.54. The maximum absolute atomic E-state index is 3.42. The summed E-state index contributed by atoms with van der Waals surface area (Å²) in [6, 6.07) is 8.43. The summed E-state index contributed by atoms with van der Waals surface area (Å²) >= 11 is 0. The Morgan fingerprint density at radius 2 is 1.92 bits per heavy atom. The van der Waals surface area contributed by atoms with Crippen LogP contribution in [-0.4, -0.2) is 13.4 Å². The summed E-state index contributed by atoms with van der Waals surface area (Å²) in [5.74, 6) is 0. The zero-order chi connectivity index (χ0) is 9.19. The van der Waals surface area contributed by atoms with Gasteiger partial charge in [-0.05, 0) is 32.9 Å². The van der Waals surface area contributed by atoms with Gasteiger partial charge in [-0.1, -0.05) is 17.6 Å². The lowest BCUT2D eigenvalue weighted by Gasteiger charge is -2.22. The molecule has 12 heavy (non-hydrogen) atoms. The van der Waals surface area contributed by atoms with E-state index in [2.05, 4.69) is 58.2 Å². The molecule has 1 rings (SSSR count). The number of anilines is 1. The largest absolute Gasteiger partial charge is 0.380 e. The molecule has 0 saturated heterocycles. The molecule has 0 aliphatic carbocycles. The lowest BCUT2D eigenvalue weighted by atomic mass is 9.95. The van der Waals surface area contributed by atoms with Crippen molar-refractivity contribution in [2.24, 2.45) is 0 Å². The summed E-state index contributed by atoms with van der Waals surface area (Å²) in [4.78, 5) is 0. The zero-order valence-electron chi connectivity index (χ0n) is 8.31. The van der Waals surface area contributed by atoms with Crippen LogP contribution in [0.3, 0.4) is 0 Å². The molecule has 2 heteroatoms. The molecule has 1 nitrogen and oxygen atoms in total.